The minimum atomic E-state index is -0.443. The summed E-state index contributed by atoms with van der Waals surface area (Å²) >= 11 is 0. The maximum absolute atomic E-state index is 11.0. The zero-order chi connectivity index (χ0) is 22.2. The van der Waals surface area contributed by atoms with E-state index in [9.17, 15) is 5.11 Å². The third-order valence-corrected chi connectivity index (χ3v) is 8.36. The van der Waals surface area contributed by atoms with Crippen LogP contribution in [0.5, 0.6) is 0 Å². The molecule has 4 aliphatic carbocycles. The summed E-state index contributed by atoms with van der Waals surface area (Å²) in [5, 5.41) is 26.4. The van der Waals surface area contributed by atoms with E-state index in [2.05, 4.69) is 37.7 Å². The second-order valence-corrected chi connectivity index (χ2v) is 10.8. The highest BCUT2D eigenvalue weighted by Crippen LogP contribution is 2.56. The number of anilines is 3. The Bertz CT molecular complexity index is 1180. The molecule has 9 heteroatoms. The van der Waals surface area contributed by atoms with Crippen molar-refractivity contribution in [1.82, 2.24) is 24.7 Å². The predicted molar refractivity (Wildman–Crippen MR) is 125 cm³/mol. The first kappa shape index (κ1) is 19.8. The van der Waals surface area contributed by atoms with Gasteiger partial charge in [0.25, 0.3) is 0 Å². The van der Waals surface area contributed by atoms with Gasteiger partial charge >= 0.3 is 0 Å². The summed E-state index contributed by atoms with van der Waals surface area (Å²) in [5.41, 5.74) is 1.47. The Morgan fingerprint density at radius 3 is 2.76 bits per heavy atom. The van der Waals surface area contributed by atoms with E-state index < -0.39 is 5.60 Å². The van der Waals surface area contributed by atoms with Crippen molar-refractivity contribution in [3.05, 3.63) is 24.0 Å². The van der Waals surface area contributed by atoms with Crippen molar-refractivity contribution in [2.45, 2.75) is 63.1 Å². The number of nitrogens with one attached hydrogen (secondary N) is 3. The minimum Gasteiger partial charge on any atom is -0.390 e. The first-order valence-electron chi connectivity index (χ1n) is 12.3. The first-order chi connectivity index (χ1) is 16.0. The van der Waals surface area contributed by atoms with E-state index in [-0.39, 0.29) is 0 Å². The van der Waals surface area contributed by atoms with Crippen LogP contribution >= 0.6 is 0 Å². The number of hydrogen-bond donors (Lipinski definition) is 4. The summed E-state index contributed by atoms with van der Waals surface area (Å²) in [6.07, 6.45) is 8.27. The molecule has 4 saturated carbocycles. The Kier molecular flexibility index (Phi) is 4.30. The number of rotatable bonds is 5. The van der Waals surface area contributed by atoms with Crippen molar-refractivity contribution in [2.24, 2.45) is 17.8 Å². The van der Waals surface area contributed by atoms with Gasteiger partial charge in [0.1, 0.15) is 11.5 Å². The molecular weight excluding hydrogens is 418 g/mol. The third kappa shape index (κ3) is 3.32. The van der Waals surface area contributed by atoms with Crippen LogP contribution in [0.25, 0.3) is 11.0 Å². The Morgan fingerprint density at radius 1 is 1.21 bits per heavy atom. The molecule has 3 atom stereocenters. The van der Waals surface area contributed by atoms with E-state index in [0.717, 1.165) is 60.7 Å². The number of aromatic nitrogens is 5. The first-order valence-corrected chi connectivity index (χ1v) is 12.3. The molecule has 8 rings (SSSR count). The van der Waals surface area contributed by atoms with Gasteiger partial charge < -0.3 is 25.0 Å². The van der Waals surface area contributed by atoms with Gasteiger partial charge in [-0.2, -0.15) is 15.1 Å². The molecule has 3 aromatic rings. The van der Waals surface area contributed by atoms with Gasteiger partial charge in [0, 0.05) is 30.6 Å². The van der Waals surface area contributed by atoms with E-state index in [4.69, 9.17) is 14.7 Å². The highest BCUT2D eigenvalue weighted by atomic mass is 16.5. The lowest BCUT2D eigenvalue weighted by Crippen LogP contribution is -2.59. The van der Waals surface area contributed by atoms with Crippen molar-refractivity contribution in [1.29, 1.82) is 0 Å². The van der Waals surface area contributed by atoms with Crippen LogP contribution in [0.3, 0.4) is 0 Å². The number of H-pyrrole nitrogens is 1. The number of ether oxygens (including phenoxy) is 1. The molecule has 9 nitrogen and oxygen atoms in total. The molecule has 174 valence electrons. The zero-order valence-electron chi connectivity index (χ0n) is 18.9. The smallest absolute Gasteiger partial charge is 0.226 e. The van der Waals surface area contributed by atoms with Gasteiger partial charge in [0.2, 0.25) is 5.95 Å². The van der Waals surface area contributed by atoms with Crippen molar-refractivity contribution in [2.75, 3.05) is 23.8 Å². The van der Waals surface area contributed by atoms with E-state index in [1.807, 2.05) is 13.0 Å². The summed E-state index contributed by atoms with van der Waals surface area (Å²) in [5.74, 6) is 3.80. The Labute approximate surface area is 192 Å². The molecule has 3 aromatic heterocycles. The largest absolute Gasteiger partial charge is 0.390 e. The van der Waals surface area contributed by atoms with Gasteiger partial charge in [-0.1, -0.05) is 0 Å². The molecule has 4 bridgehead atoms. The van der Waals surface area contributed by atoms with Crippen LogP contribution in [-0.2, 0) is 4.74 Å². The molecule has 5 fully saturated rings. The summed E-state index contributed by atoms with van der Waals surface area (Å²) in [7, 11) is 0. The van der Waals surface area contributed by atoms with E-state index in [1.165, 1.54) is 12.8 Å². The van der Waals surface area contributed by atoms with Crippen LogP contribution in [0.4, 0.5) is 17.6 Å². The van der Waals surface area contributed by atoms with Gasteiger partial charge in [-0.15, -0.1) is 0 Å². The van der Waals surface area contributed by atoms with Gasteiger partial charge in [0.15, 0.2) is 5.82 Å². The van der Waals surface area contributed by atoms with Gasteiger partial charge in [-0.3, -0.25) is 5.10 Å². The van der Waals surface area contributed by atoms with Crippen LogP contribution in [0, 0.1) is 24.7 Å². The maximum atomic E-state index is 11.0. The third-order valence-electron chi connectivity index (χ3n) is 8.36. The Hall–Kier alpha value is -2.65. The molecule has 4 heterocycles. The predicted octanol–water partition coefficient (Wildman–Crippen LogP) is 3.52. The van der Waals surface area contributed by atoms with Crippen molar-refractivity contribution in [3.63, 3.8) is 0 Å². The SMILES string of the molecule is Cc1cc(Nc2nc(NC3C4CC5CC3CC(O)(C5)C4)nc3c2ccn3[C@H]2CCOC2)n[nH]1. The lowest BCUT2D eigenvalue weighted by atomic mass is 9.52. The summed E-state index contributed by atoms with van der Waals surface area (Å²) in [6, 6.07) is 4.66. The lowest BCUT2D eigenvalue weighted by molar-refractivity contribution is -0.129. The number of nitrogens with zero attached hydrogens (tertiary/aromatic N) is 4. The van der Waals surface area contributed by atoms with E-state index >= 15 is 0 Å². The number of fused-ring (bicyclic) bond motifs is 1. The molecule has 1 aliphatic heterocycles. The Morgan fingerprint density at radius 2 is 2.06 bits per heavy atom. The van der Waals surface area contributed by atoms with E-state index in [0.29, 0.717) is 42.4 Å². The van der Waals surface area contributed by atoms with E-state index in [1.54, 1.807) is 0 Å². The monoisotopic (exact) mass is 449 g/mol. The second kappa shape index (κ2) is 7.17. The van der Waals surface area contributed by atoms with Crippen LogP contribution in [-0.4, -0.2) is 54.7 Å². The zero-order valence-corrected chi connectivity index (χ0v) is 18.9. The molecular formula is C24H31N7O2. The van der Waals surface area contributed by atoms with Crippen LogP contribution in [0.2, 0.25) is 0 Å². The topological polar surface area (TPSA) is 113 Å². The lowest BCUT2D eigenvalue weighted by Gasteiger charge is -2.58. The Balaban J connectivity index is 1.26. The average molecular weight is 450 g/mol. The fourth-order valence-electron chi connectivity index (χ4n) is 7.20. The normalized spacial score (nSPS) is 34.9. The number of aromatic amines is 1. The standard InChI is InChI=1S/C24H31N7O2/c1-13-6-19(30-29-13)25-21-18-2-4-31(17-3-5-33-12-17)22(18)28-23(27-21)26-20-15-7-14-8-16(20)11-24(32,9-14)10-15/h2,4,6,14-17,20,32H,3,5,7-12H2,1H3,(H3,25,26,27,28,29,30)/t14?,15?,16?,17-,20?,24?/m0/s1. The number of hydrogen-bond acceptors (Lipinski definition) is 7. The van der Waals surface area contributed by atoms with Crippen molar-refractivity contribution in [3.8, 4) is 0 Å². The molecule has 0 radical (unpaired) electrons. The van der Waals surface area contributed by atoms with Crippen molar-refractivity contribution >= 4 is 28.6 Å². The highest BCUT2D eigenvalue weighted by molar-refractivity contribution is 5.90. The summed E-state index contributed by atoms with van der Waals surface area (Å²) < 4.78 is 7.88. The molecule has 1 saturated heterocycles. The molecule has 0 amide bonds. The number of aliphatic hydroxyl groups is 1. The summed E-state index contributed by atoms with van der Waals surface area (Å²) in [4.78, 5) is 9.93. The number of aryl methyl sites for hydroxylation is 1. The fraction of sp³-hybridized carbons (Fsp3) is 0.625. The van der Waals surface area contributed by atoms with Gasteiger partial charge in [-0.05, 0) is 69.3 Å². The van der Waals surface area contributed by atoms with Gasteiger partial charge in [-0.25, -0.2) is 0 Å². The molecule has 33 heavy (non-hydrogen) atoms. The van der Waals surface area contributed by atoms with Crippen molar-refractivity contribution < 1.29 is 9.84 Å². The maximum Gasteiger partial charge on any atom is 0.226 e. The van der Waals surface area contributed by atoms with Crippen LogP contribution < -0.4 is 10.6 Å². The quantitative estimate of drug-likeness (QED) is 0.471. The molecule has 0 aromatic carbocycles. The minimum absolute atomic E-state index is 0.293. The average Bonchev–Trinajstić information content (AvgIpc) is 3.50. The van der Waals surface area contributed by atoms with Crippen LogP contribution in [0.1, 0.15) is 50.3 Å². The molecule has 5 aliphatic rings. The highest BCUT2D eigenvalue weighted by Gasteiger charge is 2.54. The van der Waals surface area contributed by atoms with Gasteiger partial charge in [0.05, 0.1) is 23.6 Å². The van der Waals surface area contributed by atoms with Crippen LogP contribution in [0.15, 0.2) is 18.3 Å². The molecule has 2 unspecified atom stereocenters. The fourth-order valence-corrected chi connectivity index (χ4v) is 7.20. The second-order valence-electron chi connectivity index (χ2n) is 10.8. The summed E-state index contributed by atoms with van der Waals surface area (Å²) in [6.45, 7) is 3.48. The molecule has 0 spiro atoms. The molecule has 4 N–H and O–H groups in total.